The van der Waals surface area contributed by atoms with Gasteiger partial charge in [-0.05, 0) is 6.92 Å². The molecule has 0 saturated carbocycles. The van der Waals surface area contributed by atoms with Gasteiger partial charge >= 0.3 is 17.9 Å². The van der Waals surface area contributed by atoms with Gasteiger partial charge in [-0.1, -0.05) is 0 Å². The van der Waals surface area contributed by atoms with Crippen molar-refractivity contribution in [1.82, 2.24) is 5.32 Å². The fourth-order valence-electron chi connectivity index (χ4n) is 0.516. The molecule has 0 aliphatic heterocycles. The van der Waals surface area contributed by atoms with E-state index in [1.54, 1.807) is 0 Å². The minimum absolute atomic E-state index is 0.0274. The number of aliphatic carboxylic acids is 3. The minimum atomic E-state index is -0.963. The highest BCUT2D eigenvalue weighted by atomic mass is 16.4. The van der Waals surface area contributed by atoms with E-state index >= 15 is 0 Å². The summed E-state index contributed by atoms with van der Waals surface area (Å²) in [4.78, 5) is 29.5. The van der Waals surface area contributed by atoms with Crippen LogP contribution in [-0.4, -0.2) is 52.4 Å². The Labute approximate surface area is 98.4 Å². The topological polar surface area (TPSA) is 150 Å². The number of rotatable bonds is 7. The normalized spacial score (nSPS) is 10.9. The molecular weight excluding hydrogens is 232 g/mol. The first-order valence-corrected chi connectivity index (χ1v) is 4.90. The van der Waals surface area contributed by atoms with Gasteiger partial charge in [0, 0.05) is 13.1 Å². The number of nitrogens with one attached hydrogen (secondary N) is 1. The van der Waals surface area contributed by atoms with Crippen molar-refractivity contribution >= 4 is 17.9 Å². The van der Waals surface area contributed by atoms with Crippen LogP contribution in [0, 0.1) is 0 Å². The molecule has 8 nitrogen and oxygen atoms in total. The summed E-state index contributed by atoms with van der Waals surface area (Å²) in [5, 5.41) is 26.9. The van der Waals surface area contributed by atoms with Gasteiger partial charge in [0.1, 0.15) is 6.04 Å². The Balaban J connectivity index is 0. The van der Waals surface area contributed by atoms with E-state index in [0.717, 1.165) is 0 Å². The molecule has 0 aliphatic carbocycles. The average Bonchev–Trinajstić information content (AvgIpc) is 2.17. The zero-order valence-electron chi connectivity index (χ0n) is 9.55. The Morgan fingerprint density at radius 2 is 1.35 bits per heavy atom. The van der Waals surface area contributed by atoms with E-state index in [1.807, 2.05) is 0 Å². The monoisotopic (exact) mass is 250 g/mol. The van der Waals surface area contributed by atoms with Crippen LogP contribution in [0.2, 0.25) is 0 Å². The van der Waals surface area contributed by atoms with E-state index in [-0.39, 0.29) is 12.8 Å². The van der Waals surface area contributed by atoms with E-state index in [2.05, 4.69) is 5.32 Å². The number of carbonyl (C=O) groups is 3. The maximum Gasteiger partial charge on any atom is 0.320 e. The molecule has 0 aromatic rings. The van der Waals surface area contributed by atoms with Crippen LogP contribution in [0.1, 0.15) is 19.8 Å². The fraction of sp³-hybridized carbons (Fsp3) is 0.667. The Hall–Kier alpha value is -1.67. The molecule has 0 fully saturated rings. The molecular formula is C9H18N2O6. The standard InChI is InChI=1S/C6H11NO4.C3H7NO2/c8-5(9)1-3-7-4-2-6(10)11;1-2(4)3(5)6/h7H,1-4H2,(H,8,9)(H,10,11);2H,4H2,1H3,(H,5,6). The van der Waals surface area contributed by atoms with Crippen molar-refractivity contribution in [1.29, 1.82) is 0 Å². The lowest BCUT2D eigenvalue weighted by Gasteiger charge is -1.98. The predicted molar refractivity (Wildman–Crippen MR) is 58.7 cm³/mol. The molecule has 8 heteroatoms. The van der Waals surface area contributed by atoms with Crippen LogP contribution in [-0.2, 0) is 14.4 Å². The van der Waals surface area contributed by atoms with Gasteiger partial charge in [-0.15, -0.1) is 0 Å². The summed E-state index contributed by atoms with van der Waals surface area (Å²) >= 11 is 0. The maximum atomic E-state index is 9.94. The zero-order valence-corrected chi connectivity index (χ0v) is 9.55. The smallest absolute Gasteiger partial charge is 0.320 e. The summed E-state index contributed by atoms with van der Waals surface area (Å²) in [7, 11) is 0. The van der Waals surface area contributed by atoms with Gasteiger partial charge in [0.2, 0.25) is 0 Å². The summed E-state index contributed by atoms with van der Waals surface area (Å²) in [6.07, 6.45) is 0.0548. The summed E-state index contributed by atoms with van der Waals surface area (Å²) in [5.41, 5.74) is 4.84. The third kappa shape index (κ3) is 20.4. The average molecular weight is 250 g/mol. The number of carboxylic acid groups (broad SMARTS) is 3. The highest BCUT2D eigenvalue weighted by Crippen LogP contribution is 1.78. The molecule has 0 aliphatic rings. The minimum Gasteiger partial charge on any atom is -0.481 e. The molecule has 0 aromatic carbocycles. The van der Waals surface area contributed by atoms with E-state index in [9.17, 15) is 14.4 Å². The fourth-order valence-corrected chi connectivity index (χ4v) is 0.516. The highest BCUT2D eigenvalue weighted by molar-refractivity contribution is 5.72. The quantitative estimate of drug-likeness (QED) is 0.359. The molecule has 0 saturated heterocycles. The third-order valence-electron chi connectivity index (χ3n) is 1.42. The molecule has 6 N–H and O–H groups in total. The van der Waals surface area contributed by atoms with Crippen molar-refractivity contribution in [3.63, 3.8) is 0 Å². The van der Waals surface area contributed by atoms with Crippen molar-refractivity contribution in [2.24, 2.45) is 5.73 Å². The lowest BCUT2D eigenvalue weighted by atomic mass is 10.4. The van der Waals surface area contributed by atoms with Crippen molar-refractivity contribution in [3.05, 3.63) is 0 Å². The summed E-state index contributed by atoms with van der Waals surface area (Å²) < 4.78 is 0. The zero-order chi connectivity index (χ0) is 13.8. The second-order valence-corrected chi connectivity index (χ2v) is 3.16. The molecule has 0 aromatic heterocycles. The number of carboxylic acids is 3. The second-order valence-electron chi connectivity index (χ2n) is 3.16. The van der Waals surface area contributed by atoms with Gasteiger partial charge in [0.15, 0.2) is 0 Å². The summed E-state index contributed by atoms with van der Waals surface area (Å²) in [6.45, 7) is 2.06. The van der Waals surface area contributed by atoms with Gasteiger partial charge in [-0.3, -0.25) is 14.4 Å². The number of hydrogen-bond donors (Lipinski definition) is 5. The van der Waals surface area contributed by atoms with Gasteiger partial charge in [-0.25, -0.2) is 0 Å². The van der Waals surface area contributed by atoms with Crippen LogP contribution in [0.4, 0.5) is 0 Å². The molecule has 0 amide bonds. The van der Waals surface area contributed by atoms with Gasteiger partial charge in [0.05, 0.1) is 12.8 Å². The maximum absolute atomic E-state index is 9.94. The largest absolute Gasteiger partial charge is 0.481 e. The lowest BCUT2D eigenvalue weighted by molar-refractivity contribution is -0.138. The first-order chi connectivity index (χ1) is 7.77. The van der Waals surface area contributed by atoms with Crippen molar-refractivity contribution < 1.29 is 29.7 Å². The second kappa shape index (κ2) is 10.8. The van der Waals surface area contributed by atoms with E-state index in [0.29, 0.717) is 13.1 Å². The molecule has 0 bridgehead atoms. The lowest BCUT2D eigenvalue weighted by Crippen LogP contribution is -2.25. The van der Waals surface area contributed by atoms with Gasteiger partial charge in [0.25, 0.3) is 0 Å². The first kappa shape index (κ1) is 17.7. The van der Waals surface area contributed by atoms with E-state index in [1.165, 1.54) is 6.92 Å². The Morgan fingerprint density at radius 3 is 1.53 bits per heavy atom. The third-order valence-corrected chi connectivity index (χ3v) is 1.42. The summed E-state index contributed by atoms with van der Waals surface area (Å²) in [6, 6.07) is -0.731. The molecule has 0 rings (SSSR count). The molecule has 0 heterocycles. The van der Waals surface area contributed by atoms with Crippen LogP contribution in [0.3, 0.4) is 0 Å². The van der Waals surface area contributed by atoms with Crippen LogP contribution < -0.4 is 11.1 Å². The molecule has 1 atom stereocenters. The molecule has 0 radical (unpaired) electrons. The Bertz CT molecular complexity index is 238. The predicted octanol–water partition coefficient (Wildman–Crippen LogP) is -1.06. The Morgan fingerprint density at radius 1 is 1.06 bits per heavy atom. The van der Waals surface area contributed by atoms with Crippen LogP contribution in [0.15, 0.2) is 0 Å². The number of hydrogen-bond acceptors (Lipinski definition) is 5. The van der Waals surface area contributed by atoms with Crippen molar-refractivity contribution in [2.45, 2.75) is 25.8 Å². The number of nitrogens with two attached hydrogens (primary N) is 1. The molecule has 1 unspecified atom stereocenters. The molecule has 0 spiro atoms. The van der Waals surface area contributed by atoms with Gasteiger partial charge in [-0.2, -0.15) is 0 Å². The van der Waals surface area contributed by atoms with Crippen molar-refractivity contribution in [3.8, 4) is 0 Å². The van der Waals surface area contributed by atoms with E-state index in [4.69, 9.17) is 21.1 Å². The molecule has 100 valence electrons. The van der Waals surface area contributed by atoms with Gasteiger partial charge < -0.3 is 26.4 Å². The van der Waals surface area contributed by atoms with Crippen LogP contribution in [0.5, 0.6) is 0 Å². The van der Waals surface area contributed by atoms with Crippen molar-refractivity contribution in [2.75, 3.05) is 13.1 Å². The van der Waals surface area contributed by atoms with Crippen LogP contribution >= 0.6 is 0 Å². The SMILES string of the molecule is CC(N)C(=O)O.O=C(O)CCNCCC(=O)O. The first-order valence-electron chi connectivity index (χ1n) is 4.90. The highest BCUT2D eigenvalue weighted by Gasteiger charge is 1.99. The molecule has 17 heavy (non-hydrogen) atoms. The Kier molecular flexibility index (Phi) is 11.3. The summed E-state index contributed by atoms with van der Waals surface area (Å²) in [5.74, 6) is -2.73. The van der Waals surface area contributed by atoms with E-state index < -0.39 is 23.9 Å². The van der Waals surface area contributed by atoms with Crippen LogP contribution in [0.25, 0.3) is 0 Å².